The molecule has 2 bridgehead atoms. The Morgan fingerprint density at radius 1 is 1.27 bits per heavy atom. The zero-order valence-electron chi connectivity index (χ0n) is 7.05. The highest BCUT2D eigenvalue weighted by Crippen LogP contribution is 2.40. The molecule has 0 amide bonds. The first kappa shape index (κ1) is 7.56. The largest absolute Gasteiger partial charge is 0.328 e. The monoisotopic (exact) mass is 154 g/mol. The van der Waals surface area contributed by atoms with E-state index in [4.69, 9.17) is 11.5 Å². The van der Waals surface area contributed by atoms with Gasteiger partial charge in [-0.3, -0.25) is 0 Å². The SMILES string of the molecule is NC1CC2CCCC(N)(C1)C2. The van der Waals surface area contributed by atoms with Crippen molar-refractivity contribution < 1.29 is 0 Å². The van der Waals surface area contributed by atoms with E-state index >= 15 is 0 Å². The molecule has 2 aliphatic carbocycles. The van der Waals surface area contributed by atoms with E-state index in [0.717, 1.165) is 12.3 Å². The van der Waals surface area contributed by atoms with E-state index in [1.807, 2.05) is 0 Å². The van der Waals surface area contributed by atoms with E-state index in [0.29, 0.717) is 6.04 Å². The molecule has 0 aliphatic heterocycles. The van der Waals surface area contributed by atoms with Crippen molar-refractivity contribution >= 4 is 0 Å². The summed E-state index contributed by atoms with van der Waals surface area (Å²) < 4.78 is 0. The first-order valence-electron chi connectivity index (χ1n) is 4.72. The predicted molar refractivity (Wildman–Crippen MR) is 46.1 cm³/mol. The van der Waals surface area contributed by atoms with E-state index in [2.05, 4.69) is 0 Å². The van der Waals surface area contributed by atoms with Crippen LogP contribution in [0.15, 0.2) is 0 Å². The maximum absolute atomic E-state index is 6.21. The van der Waals surface area contributed by atoms with Crippen LogP contribution in [0.1, 0.15) is 38.5 Å². The summed E-state index contributed by atoms with van der Waals surface area (Å²) in [6, 6.07) is 0.388. The Kier molecular flexibility index (Phi) is 1.69. The Morgan fingerprint density at radius 3 is 2.82 bits per heavy atom. The van der Waals surface area contributed by atoms with Crippen molar-refractivity contribution in [1.82, 2.24) is 0 Å². The molecule has 3 unspecified atom stereocenters. The third-order valence-electron chi connectivity index (χ3n) is 3.29. The normalized spacial score (nSPS) is 50.7. The zero-order chi connectivity index (χ0) is 7.90. The highest BCUT2D eigenvalue weighted by molar-refractivity contribution is 4.98. The number of nitrogens with two attached hydrogens (primary N) is 2. The summed E-state index contributed by atoms with van der Waals surface area (Å²) in [5.41, 5.74) is 12.3. The third-order valence-corrected chi connectivity index (χ3v) is 3.29. The van der Waals surface area contributed by atoms with Gasteiger partial charge in [0.1, 0.15) is 0 Å². The summed E-state index contributed by atoms with van der Waals surface area (Å²) in [6.07, 6.45) is 7.42. The van der Waals surface area contributed by atoms with Gasteiger partial charge in [-0.05, 0) is 31.6 Å². The Labute approximate surface area is 68.3 Å². The fraction of sp³-hybridized carbons (Fsp3) is 1.00. The molecule has 11 heavy (non-hydrogen) atoms. The molecule has 0 saturated heterocycles. The quantitative estimate of drug-likeness (QED) is 0.547. The Morgan fingerprint density at radius 2 is 2.09 bits per heavy atom. The summed E-state index contributed by atoms with van der Waals surface area (Å²) in [6.45, 7) is 0. The average Bonchev–Trinajstić information content (AvgIpc) is 1.82. The summed E-state index contributed by atoms with van der Waals surface area (Å²) in [5, 5.41) is 0. The molecule has 0 heterocycles. The minimum absolute atomic E-state index is 0.126. The van der Waals surface area contributed by atoms with Gasteiger partial charge < -0.3 is 11.5 Å². The fourth-order valence-corrected chi connectivity index (χ4v) is 2.94. The lowest BCUT2D eigenvalue weighted by molar-refractivity contribution is 0.138. The zero-order valence-corrected chi connectivity index (χ0v) is 7.05. The molecule has 0 spiro atoms. The fourth-order valence-electron chi connectivity index (χ4n) is 2.94. The lowest BCUT2D eigenvalue weighted by Gasteiger charge is -2.45. The Balaban J connectivity index is 2.09. The van der Waals surface area contributed by atoms with Crippen LogP contribution in [0.5, 0.6) is 0 Å². The second-order valence-electron chi connectivity index (χ2n) is 4.52. The van der Waals surface area contributed by atoms with Crippen LogP contribution in [-0.2, 0) is 0 Å². The molecule has 0 radical (unpaired) electrons. The lowest BCUT2D eigenvalue weighted by Crippen LogP contribution is -2.52. The highest BCUT2D eigenvalue weighted by Gasteiger charge is 2.38. The molecule has 0 aromatic rings. The molecule has 3 atom stereocenters. The van der Waals surface area contributed by atoms with Crippen molar-refractivity contribution in [2.45, 2.75) is 50.1 Å². The van der Waals surface area contributed by atoms with Crippen molar-refractivity contribution in [1.29, 1.82) is 0 Å². The molecule has 64 valence electrons. The van der Waals surface area contributed by atoms with Crippen molar-refractivity contribution in [2.24, 2.45) is 17.4 Å². The van der Waals surface area contributed by atoms with Gasteiger partial charge in [0.2, 0.25) is 0 Å². The van der Waals surface area contributed by atoms with Gasteiger partial charge in [0.15, 0.2) is 0 Å². The second kappa shape index (κ2) is 2.46. The number of hydrogen-bond acceptors (Lipinski definition) is 2. The summed E-state index contributed by atoms with van der Waals surface area (Å²) in [5.74, 6) is 0.845. The first-order valence-corrected chi connectivity index (χ1v) is 4.72. The maximum Gasteiger partial charge on any atom is 0.0171 e. The molecule has 2 heteroatoms. The van der Waals surface area contributed by atoms with Gasteiger partial charge in [-0.25, -0.2) is 0 Å². The van der Waals surface area contributed by atoms with Gasteiger partial charge >= 0.3 is 0 Å². The molecule has 2 fully saturated rings. The number of hydrogen-bond donors (Lipinski definition) is 2. The third kappa shape index (κ3) is 1.42. The summed E-state index contributed by atoms with van der Waals surface area (Å²) in [7, 11) is 0. The van der Waals surface area contributed by atoms with Gasteiger partial charge in [-0.1, -0.05) is 12.8 Å². The topological polar surface area (TPSA) is 52.0 Å². The van der Waals surface area contributed by atoms with Crippen molar-refractivity contribution in [3.8, 4) is 0 Å². The van der Waals surface area contributed by atoms with Crippen molar-refractivity contribution in [3.05, 3.63) is 0 Å². The van der Waals surface area contributed by atoms with Crippen LogP contribution in [0.4, 0.5) is 0 Å². The lowest BCUT2D eigenvalue weighted by atomic mass is 9.66. The minimum atomic E-state index is 0.126. The molecule has 0 aromatic carbocycles. The first-order chi connectivity index (χ1) is 5.18. The van der Waals surface area contributed by atoms with E-state index < -0.39 is 0 Å². The van der Waals surface area contributed by atoms with Gasteiger partial charge in [-0.15, -0.1) is 0 Å². The van der Waals surface area contributed by atoms with E-state index in [9.17, 15) is 0 Å². The minimum Gasteiger partial charge on any atom is -0.328 e. The summed E-state index contributed by atoms with van der Waals surface area (Å²) >= 11 is 0. The highest BCUT2D eigenvalue weighted by atomic mass is 14.8. The molecular weight excluding hydrogens is 136 g/mol. The summed E-state index contributed by atoms with van der Waals surface area (Å²) in [4.78, 5) is 0. The molecule has 2 nitrogen and oxygen atoms in total. The number of rotatable bonds is 0. The molecule has 2 aliphatic rings. The van der Waals surface area contributed by atoms with Gasteiger partial charge in [0.05, 0.1) is 0 Å². The van der Waals surface area contributed by atoms with Crippen LogP contribution in [0.2, 0.25) is 0 Å². The molecular formula is C9H18N2. The molecule has 2 saturated carbocycles. The molecule has 0 aromatic heterocycles. The van der Waals surface area contributed by atoms with E-state index in [1.54, 1.807) is 0 Å². The van der Waals surface area contributed by atoms with Gasteiger partial charge in [0.25, 0.3) is 0 Å². The van der Waals surface area contributed by atoms with Crippen LogP contribution in [-0.4, -0.2) is 11.6 Å². The van der Waals surface area contributed by atoms with Crippen molar-refractivity contribution in [2.75, 3.05) is 0 Å². The average molecular weight is 154 g/mol. The van der Waals surface area contributed by atoms with E-state index in [1.165, 1.54) is 32.1 Å². The second-order valence-corrected chi connectivity index (χ2v) is 4.52. The van der Waals surface area contributed by atoms with Gasteiger partial charge in [0, 0.05) is 11.6 Å². The smallest absolute Gasteiger partial charge is 0.0171 e. The van der Waals surface area contributed by atoms with Crippen LogP contribution < -0.4 is 11.5 Å². The van der Waals surface area contributed by atoms with Gasteiger partial charge in [-0.2, -0.15) is 0 Å². The van der Waals surface area contributed by atoms with Crippen molar-refractivity contribution in [3.63, 3.8) is 0 Å². The molecule has 4 N–H and O–H groups in total. The maximum atomic E-state index is 6.21. The van der Waals surface area contributed by atoms with Crippen LogP contribution >= 0.6 is 0 Å². The number of fused-ring (bicyclic) bond motifs is 2. The Bertz CT molecular complexity index is 154. The Hall–Kier alpha value is -0.0800. The predicted octanol–water partition coefficient (Wildman–Crippen LogP) is 0.995. The van der Waals surface area contributed by atoms with Crippen LogP contribution in [0.3, 0.4) is 0 Å². The van der Waals surface area contributed by atoms with Crippen LogP contribution in [0, 0.1) is 5.92 Å². The standard InChI is InChI=1S/C9H18N2/c10-8-4-7-2-1-3-9(11,5-7)6-8/h7-8H,1-6,10-11H2. The van der Waals surface area contributed by atoms with E-state index in [-0.39, 0.29) is 5.54 Å². The molecule has 2 rings (SSSR count). The van der Waals surface area contributed by atoms with Crippen LogP contribution in [0.25, 0.3) is 0 Å².